The van der Waals surface area contributed by atoms with Crippen molar-refractivity contribution < 1.29 is 13.7 Å². The first kappa shape index (κ1) is 11.6. The lowest BCUT2D eigenvalue weighted by atomic mass is 10.1. The highest BCUT2D eigenvalue weighted by molar-refractivity contribution is 5.35. The molecule has 0 aliphatic heterocycles. The molecule has 1 aromatic heterocycles. The average Bonchev–Trinajstić information content (AvgIpc) is 2.82. The van der Waals surface area contributed by atoms with Crippen LogP contribution in [0.3, 0.4) is 0 Å². The van der Waals surface area contributed by atoms with Crippen LogP contribution in [0.2, 0.25) is 0 Å². The first-order valence-electron chi connectivity index (χ1n) is 5.31. The maximum Gasteiger partial charge on any atom is 0.174 e. The molecular weight excluding hydrogens is 223 g/mol. The lowest BCUT2D eigenvalue weighted by molar-refractivity contribution is 0.238. The molecule has 0 aliphatic rings. The molecule has 0 saturated carbocycles. The number of nitrogens with two attached hydrogens (primary N) is 1. The summed E-state index contributed by atoms with van der Waals surface area (Å²) in [4.78, 5) is 0. The van der Waals surface area contributed by atoms with Crippen LogP contribution in [0.15, 0.2) is 35.0 Å². The first-order chi connectivity index (χ1) is 8.31. The Bertz CT molecular complexity index is 471. The summed E-state index contributed by atoms with van der Waals surface area (Å²) >= 11 is 0. The molecule has 2 aromatic rings. The van der Waals surface area contributed by atoms with Gasteiger partial charge >= 0.3 is 0 Å². The summed E-state index contributed by atoms with van der Waals surface area (Å²) in [7, 11) is 0. The molecule has 2 N–H and O–H groups in total. The van der Waals surface area contributed by atoms with Gasteiger partial charge in [0.2, 0.25) is 0 Å². The number of ether oxygens (including phenoxy) is 1. The molecule has 17 heavy (non-hydrogen) atoms. The second-order valence-corrected chi connectivity index (χ2v) is 3.53. The number of benzene rings is 1. The van der Waals surface area contributed by atoms with E-state index in [0.717, 1.165) is 5.56 Å². The predicted octanol–water partition coefficient (Wildman–Crippen LogP) is 1.89. The van der Waals surface area contributed by atoms with E-state index < -0.39 is 5.82 Å². The highest BCUT2D eigenvalue weighted by atomic mass is 19.1. The monoisotopic (exact) mass is 236 g/mol. The Morgan fingerprint density at radius 2 is 2.24 bits per heavy atom. The zero-order chi connectivity index (χ0) is 12.1. The highest BCUT2D eigenvalue weighted by Gasteiger charge is 2.10. The van der Waals surface area contributed by atoms with Crippen molar-refractivity contribution in [3.8, 4) is 5.75 Å². The molecule has 0 bridgehead atoms. The molecule has 2 rings (SSSR count). The number of hydrogen-bond donors (Lipinski definition) is 1. The Labute approximate surface area is 98.2 Å². The van der Waals surface area contributed by atoms with Crippen molar-refractivity contribution in [2.45, 2.75) is 13.0 Å². The minimum absolute atomic E-state index is 0.151. The quantitative estimate of drug-likeness (QED) is 0.861. The van der Waals surface area contributed by atoms with Crippen LogP contribution in [-0.2, 0) is 13.0 Å². The van der Waals surface area contributed by atoms with Crippen molar-refractivity contribution in [3.63, 3.8) is 0 Å². The van der Waals surface area contributed by atoms with Gasteiger partial charge in [-0.2, -0.15) is 0 Å². The Hall–Kier alpha value is -1.88. The number of halogens is 1. The van der Waals surface area contributed by atoms with Gasteiger partial charge in [-0.05, 0) is 24.6 Å². The zero-order valence-electron chi connectivity index (χ0n) is 9.23. The smallest absolute Gasteiger partial charge is 0.174 e. The lowest BCUT2D eigenvalue weighted by Crippen LogP contribution is -2.06. The van der Waals surface area contributed by atoms with Crippen LogP contribution in [-0.4, -0.2) is 11.7 Å². The van der Waals surface area contributed by atoms with Gasteiger partial charge in [0.1, 0.15) is 6.61 Å². The van der Waals surface area contributed by atoms with Crippen LogP contribution in [0.1, 0.15) is 11.3 Å². The summed E-state index contributed by atoms with van der Waals surface area (Å²) in [5.41, 5.74) is 6.22. The average molecular weight is 236 g/mol. The summed E-state index contributed by atoms with van der Waals surface area (Å²) in [6, 6.07) is 6.46. The summed E-state index contributed by atoms with van der Waals surface area (Å²) in [6.07, 6.45) is 2.09. The molecule has 0 aliphatic carbocycles. The second kappa shape index (κ2) is 5.45. The van der Waals surface area contributed by atoms with E-state index in [1.807, 2.05) is 0 Å². The SMILES string of the molecule is NCCc1cccc(F)c1OCc1ccno1. The minimum atomic E-state index is -0.393. The van der Waals surface area contributed by atoms with E-state index in [1.54, 1.807) is 18.2 Å². The molecule has 0 atom stereocenters. The van der Waals surface area contributed by atoms with Gasteiger partial charge in [0.15, 0.2) is 17.3 Å². The van der Waals surface area contributed by atoms with Gasteiger partial charge in [0.25, 0.3) is 0 Å². The van der Waals surface area contributed by atoms with E-state index in [9.17, 15) is 4.39 Å². The Kier molecular flexibility index (Phi) is 3.72. The van der Waals surface area contributed by atoms with Gasteiger partial charge in [-0.25, -0.2) is 4.39 Å². The molecule has 1 heterocycles. The maximum absolute atomic E-state index is 13.6. The molecule has 0 radical (unpaired) electrons. The fraction of sp³-hybridized carbons (Fsp3) is 0.250. The van der Waals surface area contributed by atoms with Crippen LogP contribution in [0.4, 0.5) is 4.39 Å². The fourth-order valence-corrected chi connectivity index (χ4v) is 1.53. The largest absolute Gasteiger partial charge is 0.482 e. The van der Waals surface area contributed by atoms with Crippen molar-refractivity contribution in [2.75, 3.05) is 6.54 Å². The van der Waals surface area contributed by atoms with Gasteiger partial charge < -0.3 is 15.0 Å². The number of para-hydroxylation sites is 1. The van der Waals surface area contributed by atoms with Crippen molar-refractivity contribution in [3.05, 3.63) is 47.6 Å². The second-order valence-electron chi connectivity index (χ2n) is 3.53. The molecule has 4 nitrogen and oxygen atoms in total. The molecule has 0 saturated heterocycles. The molecule has 90 valence electrons. The summed E-state index contributed by atoms with van der Waals surface area (Å²) in [5, 5.41) is 3.55. The van der Waals surface area contributed by atoms with E-state index in [2.05, 4.69) is 5.16 Å². The van der Waals surface area contributed by atoms with Crippen LogP contribution in [0.25, 0.3) is 0 Å². The van der Waals surface area contributed by atoms with E-state index in [0.29, 0.717) is 18.7 Å². The Balaban J connectivity index is 2.13. The summed E-state index contributed by atoms with van der Waals surface area (Å²) in [6.45, 7) is 0.598. The Morgan fingerprint density at radius 1 is 1.35 bits per heavy atom. The van der Waals surface area contributed by atoms with Crippen LogP contribution in [0.5, 0.6) is 5.75 Å². The zero-order valence-corrected chi connectivity index (χ0v) is 9.23. The lowest BCUT2D eigenvalue weighted by Gasteiger charge is -2.10. The predicted molar refractivity (Wildman–Crippen MR) is 60.0 cm³/mol. The third kappa shape index (κ3) is 2.82. The summed E-state index contributed by atoms with van der Waals surface area (Å²) < 4.78 is 23.9. The van der Waals surface area contributed by atoms with Gasteiger partial charge in [-0.15, -0.1) is 0 Å². The van der Waals surface area contributed by atoms with Gasteiger partial charge in [0.05, 0.1) is 6.20 Å². The van der Waals surface area contributed by atoms with E-state index in [4.69, 9.17) is 15.0 Å². The van der Waals surface area contributed by atoms with Crippen molar-refractivity contribution >= 4 is 0 Å². The number of nitrogens with zero attached hydrogens (tertiary/aromatic N) is 1. The Morgan fingerprint density at radius 3 is 2.94 bits per heavy atom. The third-order valence-corrected chi connectivity index (χ3v) is 2.31. The van der Waals surface area contributed by atoms with Crippen molar-refractivity contribution in [1.82, 2.24) is 5.16 Å². The molecule has 0 fully saturated rings. The highest BCUT2D eigenvalue weighted by Crippen LogP contribution is 2.23. The maximum atomic E-state index is 13.6. The van der Waals surface area contributed by atoms with Crippen LogP contribution in [0, 0.1) is 5.82 Å². The fourth-order valence-electron chi connectivity index (χ4n) is 1.53. The minimum Gasteiger partial charge on any atom is -0.482 e. The van der Waals surface area contributed by atoms with E-state index >= 15 is 0 Å². The van der Waals surface area contributed by atoms with Gasteiger partial charge in [0, 0.05) is 6.07 Å². The third-order valence-electron chi connectivity index (χ3n) is 2.31. The summed E-state index contributed by atoms with van der Waals surface area (Å²) in [5.74, 6) is 0.386. The van der Waals surface area contributed by atoms with E-state index in [-0.39, 0.29) is 12.4 Å². The standard InChI is InChI=1S/C12H13FN2O2/c13-11-3-1-2-9(4-6-14)12(11)16-8-10-5-7-15-17-10/h1-3,5,7H,4,6,8,14H2. The normalized spacial score (nSPS) is 10.5. The van der Waals surface area contributed by atoms with Crippen LogP contribution >= 0.6 is 0 Å². The number of aromatic nitrogens is 1. The van der Waals surface area contributed by atoms with Crippen molar-refractivity contribution in [2.24, 2.45) is 5.73 Å². The first-order valence-corrected chi connectivity index (χ1v) is 5.31. The molecular formula is C12H13FN2O2. The number of rotatable bonds is 5. The topological polar surface area (TPSA) is 61.3 Å². The van der Waals surface area contributed by atoms with E-state index in [1.165, 1.54) is 12.3 Å². The van der Waals surface area contributed by atoms with Gasteiger partial charge in [-0.1, -0.05) is 17.3 Å². The van der Waals surface area contributed by atoms with Crippen LogP contribution < -0.4 is 10.5 Å². The van der Waals surface area contributed by atoms with Crippen molar-refractivity contribution in [1.29, 1.82) is 0 Å². The molecule has 5 heteroatoms. The van der Waals surface area contributed by atoms with Gasteiger partial charge in [-0.3, -0.25) is 0 Å². The molecule has 0 spiro atoms. The molecule has 0 unspecified atom stereocenters. The molecule has 1 aromatic carbocycles. The number of hydrogen-bond acceptors (Lipinski definition) is 4. The molecule has 0 amide bonds.